The fraction of sp³-hybridized carbons (Fsp3) is 0.125. The second-order valence-corrected chi connectivity index (χ2v) is 6.22. The van der Waals surface area contributed by atoms with Crippen LogP contribution in [0.4, 0.5) is 24.5 Å². The first-order chi connectivity index (χ1) is 12.2. The third kappa shape index (κ3) is 3.56. The molecule has 3 aromatic rings. The number of fused-ring (bicyclic) bond motifs is 1. The Morgan fingerprint density at radius 3 is 2.42 bits per heavy atom. The van der Waals surface area contributed by atoms with Gasteiger partial charge >= 0.3 is 6.18 Å². The van der Waals surface area contributed by atoms with Crippen LogP contribution in [0, 0.1) is 0 Å². The smallest absolute Gasteiger partial charge is 0.396 e. The van der Waals surface area contributed by atoms with E-state index in [-0.39, 0.29) is 32.5 Å². The van der Waals surface area contributed by atoms with Crippen LogP contribution in [0.5, 0.6) is 0 Å². The molecule has 3 N–H and O–H groups in total. The average molecular weight is 403 g/mol. The predicted molar refractivity (Wildman–Crippen MR) is 94.2 cm³/mol. The number of nitrogens with one attached hydrogen (secondary N) is 1. The first-order valence-electron chi connectivity index (χ1n) is 7.23. The normalized spacial score (nSPS) is 11.7. The van der Waals surface area contributed by atoms with E-state index in [1.54, 1.807) is 12.1 Å². The number of carbonyl (C=O) groups excluding carboxylic acids is 1. The molecule has 0 aliphatic carbocycles. The summed E-state index contributed by atoms with van der Waals surface area (Å²) in [6.45, 7) is -0.588. The Morgan fingerprint density at radius 1 is 1.19 bits per heavy atom. The molecule has 0 unspecified atom stereocenters. The third-order valence-electron chi connectivity index (χ3n) is 3.57. The lowest BCUT2D eigenvalue weighted by Crippen LogP contribution is -2.23. The summed E-state index contributed by atoms with van der Waals surface area (Å²) in [4.78, 5) is 15.8. The summed E-state index contributed by atoms with van der Waals surface area (Å²) in [5, 5.41) is 2.70. The molecule has 1 heterocycles. The Labute approximate surface area is 155 Å². The molecule has 136 valence electrons. The highest BCUT2D eigenvalue weighted by Gasteiger charge is 2.38. The molecule has 10 heteroatoms. The first-order valence-corrected chi connectivity index (χ1v) is 7.99. The number of nitrogen functional groups attached to an aromatic ring is 1. The van der Waals surface area contributed by atoms with Gasteiger partial charge in [0.1, 0.15) is 6.54 Å². The van der Waals surface area contributed by atoms with Crippen LogP contribution in [0.15, 0.2) is 36.4 Å². The molecular formula is C16H11Cl2F3N4O. The van der Waals surface area contributed by atoms with Gasteiger partial charge in [0.25, 0.3) is 0 Å². The maximum absolute atomic E-state index is 13.3. The van der Waals surface area contributed by atoms with Gasteiger partial charge in [-0.15, -0.1) is 0 Å². The summed E-state index contributed by atoms with van der Waals surface area (Å²) in [7, 11) is 0. The highest BCUT2D eigenvalue weighted by molar-refractivity contribution is 6.39. The Bertz CT molecular complexity index is 978. The van der Waals surface area contributed by atoms with Crippen LogP contribution in [0.2, 0.25) is 10.0 Å². The van der Waals surface area contributed by atoms with E-state index in [1.165, 1.54) is 24.3 Å². The summed E-state index contributed by atoms with van der Waals surface area (Å²) in [6, 6.07) is 8.76. The fourth-order valence-corrected chi connectivity index (χ4v) is 2.94. The summed E-state index contributed by atoms with van der Waals surface area (Å²) in [5.74, 6) is -1.85. The number of hydrogen-bond acceptors (Lipinski definition) is 3. The topological polar surface area (TPSA) is 72.9 Å². The van der Waals surface area contributed by atoms with E-state index in [1.807, 2.05) is 0 Å². The van der Waals surface area contributed by atoms with Gasteiger partial charge < -0.3 is 15.6 Å². The maximum Gasteiger partial charge on any atom is 0.449 e. The Morgan fingerprint density at radius 2 is 1.81 bits per heavy atom. The van der Waals surface area contributed by atoms with Crippen LogP contribution in [0.3, 0.4) is 0 Å². The largest absolute Gasteiger partial charge is 0.449 e. The molecule has 0 spiro atoms. The molecule has 0 atom stereocenters. The molecule has 2 aromatic carbocycles. The minimum absolute atomic E-state index is 0.122. The van der Waals surface area contributed by atoms with Crippen molar-refractivity contribution in [3.8, 4) is 0 Å². The van der Waals surface area contributed by atoms with E-state index in [2.05, 4.69) is 10.3 Å². The van der Waals surface area contributed by atoms with E-state index in [0.717, 1.165) is 4.57 Å². The first kappa shape index (κ1) is 18.3. The van der Waals surface area contributed by atoms with Crippen molar-refractivity contribution in [3.05, 3.63) is 52.3 Å². The molecule has 1 amide bonds. The summed E-state index contributed by atoms with van der Waals surface area (Å²) >= 11 is 11.8. The van der Waals surface area contributed by atoms with Crippen molar-refractivity contribution in [2.45, 2.75) is 12.7 Å². The molecule has 0 radical (unpaired) electrons. The van der Waals surface area contributed by atoms with Crippen LogP contribution in [-0.4, -0.2) is 15.5 Å². The van der Waals surface area contributed by atoms with Gasteiger partial charge in [0.15, 0.2) is 0 Å². The molecule has 26 heavy (non-hydrogen) atoms. The number of carbonyl (C=O) groups is 1. The van der Waals surface area contributed by atoms with Crippen molar-refractivity contribution in [1.82, 2.24) is 9.55 Å². The number of halogens is 5. The van der Waals surface area contributed by atoms with Gasteiger partial charge in [-0.1, -0.05) is 35.3 Å². The van der Waals surface area contributed by atoms with Crippen molar-refractivity contribution >= 4 is 51.5 Å². The molecular weight excluding hydrogens is 392 g/mol. The van der Waals surface area contributed by atoms with E-state index in [0.29, 0.717) is 0 Å². The second-order valence-electron chi connectivity index (χ2n) is 5.41. The average Bonchev–Trinajstić information content (AvgIpc) is 2.91. The number of hydrogen-bond donors (Lipinski definition) is 2. The van der Waals surface area contributed by atoms with Gasteiger partial charge in [0.05, 0.1) is 26.8 Å². The molecule has 0 saturated carbocycles. The zero-order valence-corrected chi connectivity index (χ0v) is 14.5. The van der Waals surface area contributed by atoms with E-state index >= 15 is 0 Å². The number of amides is 1. The molecule has 1 aromatic heterocycles. The highest BCUT2D eigenvalue weighted by atomic mass is 35.5. The van der Waals surface area contributed by atoms with E-state index < -0.39 is 24.5 Å². The SMILES string of the molecule is Nc1c(Cl)cc(NC(=O)Cn2c(C(F)(F)F)nc3ccccc32)cc1Cl. The minimum Gasteiger partial charge on any atom is -0.396 e. The van der Waals surface area contributed by atoms with Crippen LogP contribution in [0.1, 0.15) is 5.82 Å². The second kappa shape index (κ2) is 6.69. The molecule has 0 aliphatic rings. The van der Waals surface area contributed by atoms with Crippen LogP contribution >= 0.6 is 23.2 Å². The number of alkyl halides is 3. The van der Waals surface area contributed by atoms with Crippen LogP contribution in [0.25, 0.3) is 11.0 Å². The molecule has 0 bridgehead atoms. The van der Waals surface area contributed by atoms with Gasteiger partial charge in [-0.05, 0) is 24.3 Å². The summed E-state index contributed by atoms with van der Waals surface area (Å²) < 4.78 is 40.6. The molecule has 0 aliphatic heterocycles. The number of nitrogens with two attached hydrogens (primary N) is 1. The van der Waals surface area contributed by atoms with Gasteiger partial charge in [-0.2, -0.15) is 13.2 Å². The van der Waals surface area contributed by atoms with Gasteiger partial charge in [-0.25, -0.2) is 4.98 Å². The van der Waals surface area contributed by atoms with Crippen molar-refractivity contribution in [3.63, 3.8) is 0 Å². The number of benzene rings is 2. The van der Waals surface area contributed by atoms with Gasteiger partial charge in [-0.3, -0.25) is 4.79 Å². The lowest BCUT2D eigenvalue weighted by Gasteiger charge is -2.12. The predicted octanol–water partition coefficient (Wildman–Crippen LogP) is 4.58. The van der Waals surface area contributed by atoms with E-state index in [9.17, 15) is 18.0 Å². The van der Waals surface area contributed by atoms with Crippen molar-refractivity contribution < 1.29 is 18.0 Å². The molecule has 0 fully saturated rings. The Hall–Kier alpha value is -2.45. The van der Waals surface area contributed by atoms with E-state index in [4.69, 9.17) is 28.9 Å². The number of nitrogens with zero attached hydrogens (tertiary/aromatic N) is 2. The lowest BCUT2D eigenvalue weighted by atomic mass is 10.2. The zero-order valence-electron chi connectivity index (χ0n) is 12.9. The van der Waals surface area contributed by atoms with Crippen molar-refractivity contribution in [1.29, 1.82) is 0 Å². The number of imidazole rings is 1. The van der Waals surface area contributed by atoms with Crippen molar-refractivity contribution in [2.75, 3.05) is 11.1 Å². The molecule has 3 rings (SSSR count). The minimum atomic E-state index is -4.70. The Balaban J connectivity index is 1.92. The fourth-order valence-electron chi connectivity index (χ4n) is 2.45. The Kier molecular flexibility index (Phi) is 4.72. The van der Waals surface area contributed by atoms with Gasteiger partial charge in [0.2, 0.25) is 11.7 Å². The number of anilines is 2. The highest BCUT2D eigenvalue weighted by Crippen LogP contribution is 2.33. The van der Waals surface area contributed by atoms with Crippen LogP contribution < -0.4 is 11.1 Å². The third-order valence-corrected chi connectivity index (χ3v) is 4.20. The van der Waals surface area contributed by atoms with Gasteiger partial charge in [0, 0.05) is 5.69 Å². The maximum atomic E-state index is 13.3. The zero-order chi connectivity index (χ0) is 19.1. The molecule has 0 saturated heterocycles. The number of rotatable bonds is 3. The van der Waals surface area contributed by atoms with Crippen molar-refractivity contribution in [2.24, 2.45) is 0 Å². The van der Waals surface area contributed by atoms with Crippen LogP contribution in [-0.2, 0) is 17.5 Å². The summed E-state index contributed by atoms with van der Waals surface area (Å²) in [6.07, 6.45) is -4.70. The number of aromatic nitrogens is 2. The monoisotopic (exact) mass is 402 g/mol. The molecule has 5 nitrogen and oxygen atoms in total. The number of para-hydroxylation sites is 2. The quantitative estimate of drug-likeness (QED) is 0.629. The standard InChI is InChI=1S/C16H11Cl2F3N4O/c17-9-5-8(6-10(18)14(9)22)23-13(26)7-25-12-4-2-1-3-11(12)24-15(25)16(19,20)21/h1-6H,7,22H2,(H,23,26). The lowest BCUT2D eigenvalue weighted by molar-refractivity contribution is -0.147. The summed E-state index contributed by atoms with van der Waals surface area (Å²) in [5.41, 5.74) is 6.31.